The van der Waals surface area contributed by atoms with Gasteiger partial charge in [-0.15, -0.1) is 0 Å². The van der Waals surface area contributed by atoms with Crippen LogP contribution < -0.4 is 4.74 Å². The quantitative estimate of drug-likeness (QED) is 0.528. The molecule has 134 valence electrons. The molecule has 25 heavy (non-hydrogen) atoms. The molecule has 1 heterocycles. The van der Waals surface area contributed by atoms with Gasteiger partial charge in [-0.2, -0.15) is 14.9 Å². The molecule has 2 aromatic rings. The van der Waals surface area contributed by atoms with Crippen LogP contribution in [0.3, 0.4) is 0 Å². The predicted octanol–water partition coefficient (Wildman–Crippen LogP) is 5.58. The smallest absolute Gasteiger partial charge is 0.216 e. The van der Waals surface area contributed by atoms with Crippen LogP contribution in [0.1, 0.15) is 56.3 Å². The van der Waals surface area contributed by atoms with E-state index in [1.165, 1.54) is 19.3 Å². The molecule has 8 heteroatoms. The molecule has 0 saturated heterocycles. The summed E-state index contributed by atoms with van der Waals surface area (Å²) in [5, 5.41) is 12.7. The number of nitrogens with zero attached hydrogens (tertiary/aromatic N) is 3. The maximum absolute atomic E-state index is 6.24. The van der Waals surface area contributed by atoms with Gasteiger partial charge in [0.25, 0.3) is 0 Å². The lowest BCUT2D eigenvalue weighted by atomic mass is 9.89. The van der Waals surface area contributed by atoms with Gasteiger partial charge in [0.15, 0.2) is 11.6 Å². The van der Waals surface area contributed by atoms with Crippen molar-refractivity contribution in [3.05, 3.63) is 38.3 Å². The molecule has 0 bridgehead atoms. The van der Waals surface area contributed by atoms with Crippen molar-refractivity contribution in [3.8, 4) is 5.75 Å². The van der Waals surface area contributed by atoms with Crippen LogP contribution in [0.25, 0.3) is 0 Å². The van der Waals surface area contributed by atoms with E-state index in [4.69, 9.17) is 40.2 Å². The number of benzene rings is 1. The Morgan fingerprint density at radius 2 is 2.00 bits per heavy atom. The summed E-state index contributed by atoms with van der Waals surface area (Å²) in [6, 6.07) is 3.54. The Morgan fingerprint density at radius 3 is 2.64 bits per heavy atom. The highest BCUT2D eigenvalue weighted by molar-refractivity contribution is 7.71. The van der Waals surface area contributed by atoms with Crippen LogP contribution in [0.2, 0.25) is 10.0 Å². The van der Waals surface area contributed by atoms with Crippen LogP contribution in [0.4, 0.5) is 0 Å². The van der Waals surface area contributed by atoms with E-state index in [0.29, 0.717) is 33.1 Å². The van der Waals surface area contributed by atoms with E-state index < -0.39 is 0 Å². The summed E-state index contributed by atoms with van der Waals surface area (Å²) in [5.74, 6) is 1.78. The van der Waals surface area contributed by atoms with E-state index in [9.17, 15) is 0 Å². The Morgan fingerprint density at radius 1 is 1.32 bits per heavy atom. The third kappa shape index (κ3) is 4.25. The van der Waals surface area contributed by atoms with E-state index in [1.807, 2.05) is 6.92 Å². The maximum Gasteiger partial charge on any atom is 0.216 e. The van der Waals surface area contributed by atoms with Crippen LogP contribution in [-0.2, 0) is 0 Å². The molecule has 1 aliphatic carbocycles. The molecule has 1 N–H and O–H groups in total. The van der Waals surface area contributed by atoms with Gasteiger partial charge < -0.3 is 4.74 Å². The SMILES string of the molecule is CCOc1c(Cl)cc(/C=N\n2c(C3CCCCC3)n[nH]c2=S)cc1Cl. The first-order valence-electron chi connectivity index (χ1n) is 8.43. The zero-order chi connectivity index (χ0) is 17.8. The number of ether oxygens (including phenoxy) is 1. The molecule has 1 aromatic carbocycles. The monoisotopic (exact) mass is 398 g/mol. The van der Waals surface area contributed by atoms with Crippen molar-refractivity contribution in [1.29, 1.82) is 0 Å². The van der Waals surface area contributed by atoms with Gasteiger partial charge in [-0.25, -0.2) is 0 Å². The number of hydrogen-bond donors (Lipinski definition) is 1. The van der Waals surface area contributed by atoms with Crippen LogP contribution in [0.15, 0.2) is 17.2 Å². The Hall–Kier alpha value is -1.37. The van der Waals surface area contributed by atoms with Crippen molar-refractivity contribution >= 4 is 41.6 Å². The Bertz CT molecular complexity index is 801. The number of rotatable bonds is 5. The predicted molar refractivity (Wildman–Crippen MR) is 104 cm³/mol. The van der Waals surface area contributed by atoms with Crippen molar-refractivity contribution < 1.29 is 4.74 Å². The summed E-state index contributed by atoms with van der Waals surface area (Å²) >= 11 is 17.8. The molecule has 0 spiro atoms. The number of nitrogens with one attached hydrogen (secondary N) is 1. The minimum Gasteiger partial charge on any atom is -0.491 e. The van der Waals surface area contributed by atoms with Crippen molar-refractivity contribution in [2.24, 2.45) is 5.10 Å². The zero-order valence-electron chi connectivity index (χ0n) is 14.0. The van der Waals surface area contributed by atoms with E-state index in [2.05, 4.69) is 15.3 Å². The van der Waals surface area contributed by atoms with Crippen LogP contribution in [-0.4, -0.2) is 27.7 Å². The second-order valence-corrected chi connectivity index (χ2v) is 7.23. The highest BCUT2D eigenvalue weighted by Gasteiger charge is 2.21. The molecule has 0 amide bonds. The summed E-state index contributed by atoms with van der Waals surface area (Å²) in [6.07, 6.45) is 7.65. The molecular formula is C17H20Cl2N4OS. The number of hydrogen-bond acceptors (Lipinski definition) is 4. The lowest BCUT2D eigenvalue weighted by Gasteiger charge is -2.19. The summed E-state index contributed by atoms with van der Waals surface area (Å²) in [7, 11) is 0. The minimum atomic E-state index is 0.395. The van der Waals surface area contributed by atoms with Gasteiger partial charge in [0, 0.05) is 5.92 Å². The first-order valence-corrected chi connectivity index (χ1v) is 9.60. The molecular weight excluding hydrogens is 379 g/mol. The lowest BCUT2D eigenvalue weighted by molar-refractivity contribution is 0.340. The molecule has 1 fully saturated rings. The van der Waals surface area contributed by atoms with Gasteiger partial charge in [-0.3, -0.25) is 5.10 Å². The Labute approximate surface area is 162 Å². The third-order valence-electron chi connectivity index (χ3n) is 4.28. The first-order chi connectivity index (χ1) is 12.1. The standard InChI is InChI=1S/C17H20Cl2N4OS/c1-2-24-15-13(18)8-11(9-14(15)19)10-20-23-16(21-22-17(23)25)12-6-4-3-5-7-12/h8-10,12H,2-7H2,1H3,(H,22,25)/b20-10-. The van der Waals surface area contributed by atoms with Crippen molar-refractivity contribution in [2.75, 3.05) is 6.61 Å². The van der Waals surface area contributed by atoms with Gasteiger partial charge in [0.05, 0.1) is 22.9 Å². The number of H-pyrrole nitrogens is 1. The molecule has 0 radical (unpaired) electrons. The third-order valence-corrected chi connectivity index (χ3v) is 5.10. The molecule has 5 nitrogen and oxygen atoms in total. The molecule has 1 saturated carbocycles. The fraction of sp³-hybridized carbons (Fsp3) is 0.471. The second kappa shape index (κ2) is 8.34. The molecule has 0 atom stereocenters. The second-order valence-electron chi connectivity index (χ2n) is 6.02. The summed E-state index contributed by atoms with van der Waals surface area (Å²) in [6.45, 7) is 2.39. The molecule has 1 aromatic heterocycles. The van der Waals surface area contributed by atoms with Crippen LogP contribution in [0.5, 0.6) is 5.75 Å². The Balaban J connectivity index is 1.87. The van der Waals surface area contributed by atoms with Gasteiger partial charge in [0.1, 0.15) is 0 Å². The lowest BCUT2D eigenvalue weighted by Crippen LogP contribution is -2.10. The van der Waals surface area contributed by atoms with Gasteiger partial charge in [-0.1, -0.05) is 42.5 Å². The van der Waals surface area contributed by atoms with Crippen molar-refractivity contribution in [1.82, 2.24) is 14.9 Å². The van der Waals surface area contributed by atoms with Gasteiger partial charge in [-0.05, 0) is 49.7 Å². The average Bonchev–Trinajstić information content (AvgIpc) is 2.98. The number of aromatic amines is 1. The summed E-state index contributed by atoms with van der Waals surface area (Å²) < 4.78 is 7.63. The first kappa shape index (κ1) is 18.4. The zero-order valence-corrected chi connectivity index (χ0v) is 16.3. The number of aromatic nitrogens is 3. The van der Waals surface area contributed by atoms with Crippen molar-refractivity contribution in [3.63, 3.8) is 0 Å². The fourth-order valence-electron chi connectivity index (χ4n) is 3.10. The molecule has 3 rings (SSSR count). The highest BCUT2D eigenvalue weighted by atomic mass is 35.5. The summed E-state index contributed by atoms with van der Waals surface area (Å²) in [4.78, 5) is 0. The molecule has 1 aliphatic rings. The normalized spacial score (nSPS) is 15.8. The van der Waals surface area contributed by atoms with E-state index in [-0.39, 0.29) is 0 Å². The van der Waals surface area contributed by atoms with Gasteiger partial charge in [0.2, 0.25) is 4.77 Å². The molecule has 0 aliphatic heterocycles. The average molecular weight is 399 g/mol. The van der Waals surface area contributed by atoms with Crippen LogP contribution in [0, 0.1) is 4.77 Å². The van der Waals surface area contributed by atoms with Gasteiger partial charge >= 0.3 is 0 Å². The van der Waals surface area contributed by atoms with Crippen LogP contribution >= 0.6 is 35.4 Å². The minimum absolute atomic E-state index is 0.395. The topological polar surface area (TPSA) is 55.2 Å². The summed E-state index contributed by atoms with van der Waals surface area (Å²) in [5.41, 5.74) is 0.774. The van der Waals surface area contributed by atoms with Crippen molar-refractivity contribution in [2.45, 2.75) is 44.9 Å². The van der Waals surface area contributed by atoms with E-state index in [1.54, 1.807) is 23.0 Å². The number of halogens is 2. The largest absolute Gasteiger partial charge is 0.491 e. The van der Waals surface area contributed by atoms with E-state index >= 15 is 0 Å². The highest BCUT2D eigenvalue weighted by Crippen LogP contribution is 2.34. The van der Waals surface area contributed by atoms with E-state index in [0.717, 1.165) is 24.2 Å². The fourth-order valence-corrected chi connectivity index (χ4v) is 3.90. The maximum atomic E-state index is 6.24. The molecule has 0 unspecified atom stereocenters. The Kier molecular flexibility index (Phi) is 6.15.